The predicted octanol–water partition coefficient (Wildman–Crippen LogP) is 9.21. The van der Waals surface area contributed by atoms with Crippen molar-refractivity contribution in [1.82, 2.24) is 10.9 Å². The summed E-state index contributed by atoms with van der Waals surface area (Å²) < 4.78 is 5.87. The second kappa shape index (κ2) is 13.1. The minimum absolute atomic E-state index is 0.0178. The van der Waals surface area contributed by atoms with Gasteiger partial charge in [-0.05, 0) is 97.7 Å². The van der Waals surface area contributed by atoms with Crippen molar-refractivity contribution in [3.8, 4) is 0 Å². The molecule has 1 amide bonds. The number of hydrogen-bond acceptors (Lipinski definition) is 3. The number of hydrogen-bond donors (Lipinski definition) is 2. The number of rotatable bonds is 12. The first kappa shape index (κ1) is 29.9. The normalized spacial score (nSPS) is 37.1. The third-order valence-corrected chi connectivity index (χ3v) is 11.9. The molecule has 0 aromatic carbocycles. The Hall–Kier alpha value is -1.03. The number of carbonyl (C=O) groups is 1. The molecule has 0 heterocycles. The molecule has 4 rings (SSSR count). The molecule has 3 saturated carbocycles. The van der Waals surface area contributed by atoms with Gasteiger partial charge in [-0.15, -0.1) is 0 Å². The van der Waals surface area contributed by atoms with E-state index in [1.807, 2.05) is 0 Å². The van der Waals surface area contributed by atoms with Crippen LogP contribution in [-0.2, 0) is 4.74 Å². The Bertz CT molecular complexity index is 808. The molecule has 0 bridgehead atoms. The molecular formula is C34H60N2O2. The Morgan fingerprint density at radius 1 is 1.00 bits per heavy atom. The van der Waals surface area contributed by atoms with Crippen LogP contribution in [0.4, 0.5) is 4.79 Å². The summed E-state index contributed by atoms with van der Waals surface area (Å²) in [5, 5.41) is 0. The third kappa shape index (κ3) is 6.47. The highest BCUT2D eigenvalue weighted by Gasteiger charge is 2.59. The zero-order valence-corrected chi connectivity index (χ0v) is 25.7. The van der Waals surface area contributed by atoms with E-state index in [0.717, 1.165) is 61.3 Å². The lowest BCUT2D eigenvalue weighted by Crippen LogP contribution is -2.51. The summed E-state index contributed by atoms with van der Waals surface area (Å²) in [6.07, 6.45) is 21.4. The zero-order valence-electron chi connectivity index (χ0n) is 25.7. The van der Waals surface area contributed by atoms with Crippen molar-refractivity contribution in [3.05, 3.63) is 11.6 Å². The van der Waals surface area contributed by atoms with E-state index in [1.165, 1.54) is 77.0 Å². The fourth-order valence-corrected chi connectivity index (χ4v) is 9.71. The van der Waals surface area contributed by atoms with E-state index in [4.69, 9.17) is 4.74 Å². The number of allylic oxidation sites excluding steroid dienone is 1. The van der Waals surface area contributed by atoms with Gasteiger partial charge in [-0.3, -0.25) is 5.43 Å². The van der Waals surface area contributed by atoms with Crippen LogP contribution in [0.2, 0.25) is 0 Å². The molecule has 38 heavy (non-hydrogen) atoms. The van der Waals surface area contributed by atoms with Gasteiger partial charge in [0.15, 0.2) is 0 Å². The molecule has 0 unspecified atom stereocenters. The summed E-state index contributed by atoms with van der Waals surface area (Å²) in [5.74, 6) is 5.19. The van der Waals surface area contributed by atoms with Crippen molar-refractivity contribution in [3.63, 3.8) is 0 Å². The lowest BCUT2D eigenvalue weighted by atomic mass is 9.47. The maximum Gasteiger partial charge on any atom is 0.421 e. The minimum Gasteiger partial charge on any atom is -0.445 e. The van der Waals surface area contributed by atoms with E-state index in [1.54, 1.807) is 5.57 Å². The molecule has 0 spiro atoms. The molecule has 3 fully saturated rings. The molecule has 8 atom stereocenters. The molecule has 4 aliphatic carbocycles. The Morgan fingerprint density at radius 3 is 2.58 bits per heavy atom. The molecule has 0 aromatic rings. The first-order chi connectivity index (χ1) is 18.2. The van der Waals surface area contributed by atoms with Crippen molar-refractivity contribution in [2.75, 3.05) is 6.54 Å². The Balaban J connectivity index is 1.31. The fraction of sp³-hybridized carbons (Fsp3) is 0.912. The summed E-state index contributed by atoms with van der Waals surface area (Å²) in [4.78, 5) is 12.4. The largest absolute Gasteiger partial charge is 0.445 e. The maximum absolute atomic E-state index is 12.4. The Labute approximate surface area is 234 Å². The van der Waals surface area contributed by atoms with Crippen LogP contribution in [0.3, 0.4) is 0 Å². The zero-order chi connectivity index (χ0) is 27.3. The highest BCUT2D eigenvalue weighted by Crippen LogP contribution is 2.67. The van der Waals surface area contributed by atoms with Crippen molar-refractivity contribution in [2.45, 2.75) is 144 Å². The molecule has 4 nitrogen and oxygen atoms in total. The van der Waals surface area contributed by atoms with E-state index in [-0.39, 0.29) is 12.2 Å². The second-order valence-corrected chi connectivity index (χ2v) is 14.7. The van der Waals surface area contributed by atoms with E-state index < -0.39 is 0 Å². The predicted molar refractivity (Wildman–Crippen MR) is 159 cm³/mol. The minimum atomic E-state index is -0.309. The lowest BCUT2D eigenvalue weighted by molar-refractivity contribution is -0.0582. The first-order valence-electron chi connectivity index (χ1n) is 16.6. The molecule has 0 aromatic heterocycles. The van der Waals surface area contributed by atoms with Crippen LogP contribution in [0.5, 0.6) is 0 Å². The van der Waals surface area contributed by atoms with Gasteiger partial charge in [-0.25, -0.2) is 10.2 Å². The maximum atomic E-state index is 12.4. The molecule has 0 radical (unpaired) electrons. The highest BCUT2D eigenvalue weighted by molar-refractivity contribution is 5.66. The number of fused-ring (bicyclic) bond motifs is 5. The standard InChI is InChI=1S/C34H60N2O2/c1-7-8-9-10-22-35-36-32(37)38-27-18-20-33(5)26(23-27)14-15-28-30-17-16-29(25(4)13-11-12-24(2)3)34(30,6)21-19-31(28)33/h14,24-25,27-31,35H,7-13,15-23H2,1-6H3,(H,36,37)/t25-,27+,28+,29-,30+,31+,33+,34-/m1/s1. The number of ether oxygens (including phenoxy) is 1. The first-order valence-corrected chi connectivity index (χ1v) is 16.6. The summed E-state index contributed by atoms with van der Waals surface area (Å²) in [7, 11) is 0. The van der Waals surface area contributed by atoms with Crippen LogP contribution < -0.4 is 10.9 Å². The summed E-state index contributed by atoms with van der Waals surface area (Å²) in [6, 6.07) is 0. The van der Waals surface area contributed by atoms with Crippen LogP contribution in [-0.4, -0.2) is 18.7 Å². The Kier molecular flexibility index (Phi) is 10.3. The van der Waals surface area contributed by atoms with Crippen LogP contribution >= 0.6 is 0 Å². The van der Waals surface area contributed by atoms with Gasteiger partial charge in [0, 0.05) is 13.0 Å². The summed E-state index contributed by atoms with van der Waals surface area (Å²) in [6.45, 7) is 15.6. The van der Waals surface area contributed by atoms with Gasteiger partial charge in [0.05, 0.1) is 0 Å². The summed E-state index contributed by atoms with van der Waals surface area (Å²) >= 11 is 0. The molecule has 4 heteroatoms. The number of unbranched alkanes of at least 4 members (excludes halogenated alkanes) is 3. The molecule has 0 saturated heterocycles. The highest BCUT2D eigenvalue weighted by atomic mass is 16.6. The van der Waals surface area contributed by atoms with Gasteiger partial charge in [0.1, 0.15) is 6.10 Å². The molecular weight excluding hydrogens is 468 g/mol. The van der Waals surface area contributed by atoms with Crippen LogP contribution in [0, 0.1) is 46.3 Å². The average Bonchev–Trinajstić information content (AvgIpc) is 3.23. The number of carbonyl (C=O) groups excluding carboxylic acids is 1. The van der Waals surface area contributed by atoms with Crippen LogP contribution in [0.15, 0.2) is 11.6 Å². The number of hydrazine groups is 1. The van der Waals surface area contributed by atoms with Crippen molar-refractivity contribution in [2.24, 2.45) is 46.3 Å². The van der Waals surface area contributed by atoms with Crippen LogP contribution in [0.1, 0.15) is 138 Å². The van der Waals surface area contributed by atoms with Crippen LogP contribution in [0.25, 0.3) is 0 Å². The van der Waals surface area contributed by atoms with Crippen molar-refractivity contribution < 1.29 is 9.53 Å². The van der Waals surface area contributed by atoms with E-state index in [9.17, 15) is 4.79 Å². The topological polar surface area (TPSA) is 50.4 Å². The number of amides is 1. The van der Waals surface area contributed by atoms with Gasteiger partial charge < -0.3 is 4.74 Å². The molecule has 0 aliphatic heterocycles. The van der Waals surface area contributed by atoms with Gasteiger partial charge in [-0.1, -0.05) is 91.7 Å². The second-order valence-electron chi connectivity index (χ2n) is 14.7. The lowest BCUT2D eigenvalue weighted by Gasteiger charge is -2.58. The van der Waals surface area contributed by atoms with E-state index in [0.29, 0.717) is 10.8 Å². The summed E-state index contributed by atoms with van der Waals surface area (Å²) in [5.41, 5.74) is 8.25. The monoisotopic (exact) mass is 528 g/mol. The van der Waals surface area contributed by atoms with Crippen molar-refractivity contribution >= 4 is 6.09 Å². The SMILES string of the molecule is CCCCCCNNC(=O)O[C@H]1CC[C@@]2(C)C(=CC[C@H]3[C@@H]4CC[C@H]([C@H](C)CCCC(C)C)[C@@]4(C)CC[C@@H]32)C1. The van der Waals surface area contributed by atoms with Gasteiger partial charge in [0.2, 0.25) is 0 Å². The third-order valence-electron chi connectivity index (χ3n) is 11.9. The number of nitrogens with one attached hydrogen (secondary N) is 2. The van der Waals surface area contributed by atoms with E-state index >= 15 is 0 Å². The van der Waals surface area contributed by atoms with Gasteiger partial charge in [-0.2, -0.15) is 0 Å². The fourth-order valence-electron chi connectivity index (χ4n) is 9.71. The van der Waals surface area contributed by atoms with Gasteiger partial charge in [0.25, 0.3) is 0 Å². The smallest absolute Gasteiger partial charge is 0.421 e. The molecule has 218 valence electrons. The average molecular weight is 529 g/mol. The molecule has 2 N–H and O–H groups in total. The quantitative estimate of drug-likeness (QED) is 0.151. The van der Waals surface area contributed by atoms with E-state index in [2.05, 4.69) is 58.5 Å². The van der Waals surface area contributed by atoms with Gasteiger partial charge >= 0.3 is 6.09 Å². The Morgan fingerprint density at radius 2 is 1.82 bits per heavy atom. The van der Waals surface area contributed by atoms with Crippen molar-refractivity contribution in [1.29, 1.82) is 0 Å². The molecule has 4 aliphatic rings.